The van der Waals surface area contributed by atoms with Crippen LogP contribution in [0.15, 0.2) is 133 Å². The molecule has 0 aliphatic heterocycles. The van der Waals surface area contributed by atoms with Crippen molar-refractivity contribution in [2.45, 2.75) is 59.2 Å². The van der Waals surface area contributed by atoms with Crippen molar-refractivity contribution in [3.63, 3.8) is 0 Å². The summed E-state index contributed by atoms with van der Waals surface area (Å²) in [6.45, 7) is 12.1. The number of hydrogen-bond acceptors (Lipinski definition) is 2. The van der Waals surface area contributed by atoms with Gasteiger partial charge in [0.25, 0.3) is 0 Å². The van der Waals surface area contributed by atoms with Crippen molar-refractivity contribution in [3.05, 3.63) is 139 Å². The molecule has 7 aromatic carbocycles. The predicted molar refractivity (Wildman–Crippen MR) is 212 cm³/mol. The highest BCUT2D eigenvalue weighted by Gasteiger charge is 2.35. The van der Waals surface area contributed by atoms with Gasteiger partial charge >= 0.3 is 7.48 Å². The molecule has 244 valence electrons. The summed E-state index contributed by atoms with van der Waals surface area (Å²) in [7, 11) is 0.417. The summed E-state index contributed by atoms with van der Waals surface area (Å²) in [6, 6.07) is 49.0. The van der Waals surface area contributed by atoms with Crippen LogP contribution in [0.4, 0.5) is 0 Å². The van der Waals surface area contributed by atoms with Crippen molar-refractivity contribution < 1.29 is 9.76 Å². The zero-order valence-electron chi connectivity index (χ0n) is 29.5. The average molecular weight is 641 g/mol. The van der Waals surface area contributed by atoms with Gasteiger partial charge in [-0.05, 0) is 111 Å². The van der Waals surface area contributed by atoms with Crippen LogP contribution in [0.5, 0.6) is 0 Å². The van der Waals surface area contributed by atoms with E-state index >= 15 is 0 Å². The molecule has 1 N–H and O–H groups in total. The van der Waals surface area contributed by atoms with Gasteiger partial charge in [0.15, 0.2) is 0 Å². The van der Waals surface area contributed by atoms with Gasteiger partial charge in [0.2, 0.25) is 0 Å². The van der Waals surface area contributed by atoms with Crippen LogP contribution in [0.3, 0.4) is 0 Å². The molecule has 49 heavy (non-hydrogen) atoms. The molecule has 0 amide bonds. The van der Waals surface area contributed by atoms with E-state index in [0.717, 1.165) is 17.4 Å². The van der Waals surface area contributed by atoms with Gasteiger partial charge in [0.1, 0.15) is 0 Å². The molecule has 2 nitrogen and oxygen atoms in total. The largest absolute Gasteiger partial charge is 0.427 e. The molecule has 0 saturated carbocycles. The van der Waals surface area contributed by atoms with E-state index in [1.165, 1.54) is 65.7 Å². The first-order valence-electron chi connectivity index (χ1n) is 17.5. The predicted octanol–water partition coefficient (Wildman–Crippen LogP) is 10.9. The Balaban J connectivity index is 1.40. The number of hydrogen-bond donors (Lipinski definition) is 1. The van der Waals surface area contributed by atoms with Gasteiger partial charge in [0.05, 0.1) is 11.2 Å². The summed E-state index contributed by atoms with van der Waals surface area (Å²) in [5.74, 6) is 0.561. The lowest BCUT2D eigenvalue weighted by Crippen LogP contribution is -2.49. The highest BCUT2D eigenvalue weighted by atomic mass is 16.5. The van der Waals surface area contributed by atoms with E-state index in [-0.39, 0.29) is 0 Å². The molecule has 7 aromatic rings. The minimum absolute atomic E-state index is 0.417. The van der Waals surface area contributed by atoms with Crippen LogP contribution in [0.25, 0.3) is 65.7 Å². The van der Waals surface area contributed by atoms with Gasteiger partial charge in [-0.1, -0.05) is 153 Å². The third-order valence-electron chi connectivity index (χ3n) is 10.3. The van der Waals surface area contributed by atoms with Gasteiger partial charge < -0.3 is 9.76 Å². The van der Waals surface area contributed by atoms with E-state index in [2.05, 4.69) is 147 Å². The lowest BCUT2D eigenvalue weighted by Gasteiger charge is -2.37. The number of rotatable bonds is 9. The summed E-state index contributed by atoms with van der Waals surface area (Å²) >= 11 is 0. The van der Waals surface area contributed by atoms with Crippen molar-refractivity contribution in [1.82, 2.24) is 0 Å². The van der Waals surface area contributed by atoms with Crippen LogP contribution in [-0.4, -0.2) is 23.8 Å². The molecule has 0 heterocycles. The molecule has 0 saturated heterocycles. The maximum Gasteiger partial charge on any atom is 0.309 e. The summed E-state index contributed by atoms with van der Waals surface area (Å²) < 4.78 is 6.29. The van der Waals surface area contributed by atoms with Crippen molar-refractivity contribution in [3.8, 4) is 33.4 Å². The monoisotopic (exact) mass is 640 g/mol. The fourth-order valence-corrected chi connectivity index (χ4v) is 7.00. The van der Waals surface area contributed by atoms with Crippen LogP contribution in [-0.2, 0) is 11.1 Å². The molecule has 0 bridgehead atoms. The molecule has 0 fully saturated rings. The molecule has 3 heteroatoms. The first kappa shape index (κ1) is 32.8. The summed E-state index contributed by atoms with van der Waals surface area (Å²) in [5.41, 5.74) is 8.14. The highest BCUT2D eigenvalue weighted by molar-refractivity contribution is 6.47. The molecule has 0 aliphatic carbocycles. The Bertz CT molecular complexity index is 2290. The standard InChI is InChI=1S/C46H45BO2/c1-30(2)27-31-21-26-41-42(28-31)43(34-24-22-33(23-25-34)38-20-12-14-32-13-7-8-17-37(32)38)39-18-9-10-19-40(39)44(41)35-15-11-16-36(29-35)47-49-46(5,6)45(3,4)48/h7-26,28-30,47-48H,27H2,1-6H3. The number of benzene rings is 7. The van der Waals surface area contributed by atoms with Gasteiger partial charge in [0, 0.05) is 0 Å². The van der Waals surface area contributed by atoms with Gasteiger partial charge in [-0.25, -0.2) is 0 Å². The fraction of sp³-hybridized carbons (Fsp3) is 0.217. The summed E-state index contributed by atoms with van der Waals surface area (Å²) in [6.07, 6.45) is 1.03. The Labute approximate surface area is 291 Å². The van der Waals surface area contributed by atoms with Crippen LogP contribution in [0.1, 0.15) is 47.1 Å². The SMILES string of the molecule is CC(C)Cc1ccc2c(-c3cccc(BOC(C)(C)C(C)(C)O)c3)c3ccccc3c(-c3ccc(-c4cccc5ccccc45)cc3)c2c1. The fourth-order valence-electron chi connectivity index (χ4n) is 7.00. The van der Waals surface area contributed by atoms with Crippen molar-refractivity contribution in [1.29, 1.82) is 0 Å². The summed E-state index contributed by atoms with van der Waals surface area (Å²) in [4.78, 5) is 0. The Morgan fingerprint density at radius 3 is 1.86 bits per heavy atom. The quantitative estimate of drug-likeness (QED) is 0.126. The van der Waals surface area contributed by atoms with Crippen LogP contribution in [0.2, 0.25) is 0 Å². The Morgan fingerprint density at radius 1 is 0.571 bits per heavy atom. The second kappa shape index (κ2) is 13.0. The van der Waals surface area contributed by atoms with Gasteiger partial charge in [-0.15, -0.1) is 0 Å². The molecular formula is C46H45BO2. The Hall–Kier alpha value is -4.70. The molecule has 0 atom stereocenters. The third kappa shape index (κ3) is 6.42. The minimum atomic E-state index is -0.965. The normalized spacial score (nSPS) is 12.3. The van der Waals surface area contributed by atoms with E-state index in [4.69, 9.17) is 4.65 Å². The number of aliphatic hydroxyl groups is 1. The zero-order valence-corrected chi connectivity index (χ0v) is 29.5. The smallest absolute Gasteiger partial charge is 0.309 e. The molecule has 0 spiro atoms. The van der Waals surface area contributed by atoms with E-state index in [0.29, 0.717) is 13.4 Å². The minimum Gasteiger partial charge on any atom is -0.427 e. The molecule has 7 rings (SSSR count). The molecular weight excluding hydrogens is 595 g/mol. The van der Waals surface area contributed by atoms with Crippen LogP contribution >= 0.6 is 0 Å². The Morgan fingerprint density at radius 2 is 1.16 bits per heavy atom. The van der Waals surface area contributed by atoms with Crippen LogP contribution < -0.4 is 5.46 Å². The van der Waals surface area contributed by atoms with Crippen molar-refractivity contribution in [2.24, 2.45) is 5.92 Å². The summed E-state index contributed by atoms with van der Waals surface area (Å²) in [5, 5.41) is 18.2. The molecule has 0 aromatic heterocycles. The van der Waals surface area contributed by atoms with Gasteiger partial charge in [-0.3, -0.25) is 0 Å². The molecule has 0 aliphatic rings. The average Bonchev–Trinajstić information content (AvgIpc) is 3.09. The van der Waals surface area contributed by atoms with Crippen molar-refractivity contribution in [2.75, 3.05) is 0 Å². The lowest BCUT2D eigenvalue weighted by atomic mass is 9.80. The van der Waals surface area contributed by atoms with E-state index in [9.17, 15) is 5.11 Å². The third-order valence-corrected chi connectivity index (χ3v) is 10.3. The molecule has 0 unspecified atom stereocenters. The second-order valence-corrected chi connectivity index (χ2v) is 14.9. The number of fused-ring (bicyclic) bond motifs is 3. The van der Waals surface area contributed by atoms with Crippen LogP contribution in [0, 0.1) is 5.92 Å². The highest BCUT2D eigenvalue weighted by Crippen LogP contribution is 2.44. The topological polar surface area (TPSA) is 29.5 Å². The van der Waals surface area contributed by atoms with E-state index < -0.39 is 11.2 Å². The maximum absolute atomic E-state index is 10.7. The lowest BCUT2D eigenvalue weighted by molar-refractivity contribution is -0.0893. The first-order valence-corrected chi connectivity index (χ1v) is 17.5. The van der Waals surface area contributed by atoms with E-state index in [1.54, 1.807) is 13.8 Å². The Kier molecular flexibility index (Phi) is 8.69. The van der Waals surface area contributed by atoms with E-state index in [1.807, 2.05) is 13.8 Å². The second-order valence-electron chi connectivity index (χ2n) is 14.9. The first-order chi connectivity index (χ1) is 23.5. The maximum atomic E-state index is 10.7. The molecule has 0 radical (unpaired) electrons. The van der Waals surface area contributed by atoms with Crippen molar-refractivity contribution >= 4 is 45.3 Å². The zero-order chi connectivity index (χ0) is 34.3. The van der Waals surface area contributed by atoms with Gasteiger partial charge in [-0.2, -0.15) is 0 Å².